The zero-order valence-corrected chi connectivity index (χ0v) is 22.4. The number of esters is 1. The van der Waals surface area contributed by atoms with Crippen molar-refractivity contribution >= 4 is 46.1 Å². The minimum atomic E-state index is -2.50. The summed E-state index contributed by atoms with van der Waals surface area (Å²) in [4.78, 5) is 27.4. The van der Waals surface area contributed by atoms with Gasteiger partial charge in [-0.15, -0.1) is 11.3 Å². The highest BCUT2D eigenvalue weighted by atomic mass is 32.2. The quantitative estimate of drug-likeness (QED) is 0.0904. The molecule has 1 N–H and O–H groups in total. The molecule has 0 atom stereocenters. The van der Waals surface area contributed by atoms with Crippen molar-refractivity contribution in [2.45, 2.75) is 56.1 Å². The van der Waals surface area contributed by atoms with E-state index in [-0.39, 0.29) is 11.3 Å². The van der Waals surface area contributed by atoms with Gasteiger partial charge in [-0.3, -0.25) is 4.79 Å². The molecule has 6 nitrogen and oxygen atoms in total. The van der Waals surface area contributed by atoms with Crippen LogP contribution in [0.4, 0.5) is 13.8 Å². The van der Waals surface area contributed by atoms with Gasteiger partial charge in [-0.25, -0.2) is 4.79 Å². The van der Waals surface area contributed by atoms with Crippen LogP contribution in [0.5, 0.6) is 0 Å². The lowest BCUT2D eigenvalue weighted by molar-refractivity contribution is -0.112. The molecule has 2 heterocycles. The number of unbranched alkanes of at least 4 members (excludes halogenated alkanes) is 1. The van der Waals surface area contributed by atoms with Crippen LogP contribution >= 0.6 is 23.1 Å². The van der Waals surface area contributed by atoms with Gasteiger partial charge in [0.1, 0.15) is 28.2 Å². The van der Waals surface area contributed by atoms with E-state index in [0.717, 1.165) is 49.0 Å². The zero-order valence-electron chi connectivity index (χ0n) is 20.7. The maximum absolute atomic E-state index is 13.0. The van der Waals surface area contributed by atoms with Crippen LogP contribution < -0.4 is 5.32 Å². The van der Waals surface area contributed by atoms with Gasteiger partial charge in [-0.1, -0.05) is 37.2 Å². The van der Waals surface area contributed by atoms with Crippen molar-refractivity contribution in [2.75, 3.05) is 11.9 Å². The number of fused-ring (bicyclic) bond motifs is 1. The minimum Gasteiger partial charge on any atom is -0.462 e. The number of aryl methyl sites for hydroxylation is 1. The predicted molar refractivity (Wildman–Crippen MR) is 144 cm³/mol. The lowest BCUT2D eigenvalue weighted by Gasteiger charge is -2.12. The molecule has 10 heteroatoms. The molecule has 0 saturated carbocycles. The summed E-state index contributed by atoms with van der Waals surface area (Å²) >= 11 is 1.81. The van der Waals surface area contributed by atoms with Gasteiger partial charge < -0.3 is 14.5 Å². The van der Waals surface area contributed by atoms with Crippen molar-refractivity contribution in [3.8, 4) is 17.4 Å². The Morgan fingerprint density at radius 3 is 2.68 bits per heavy atom. The van der Waals surface area contributed by atoms with Crippen molar-refractivity contribution in [3.63, 3.8) is 0 Å². The van der Waals surface area contributed by atoms with Crippen LogP contribution in [0.3, 0.4) is 0 Å². The number of thioether (sulfide) groups is 1. The lowest BCUT2D eigenvalue weighted by atomic mass is 9.95. The van der Waals surface area contributed by atoms with E-state index in [2.05, 4.69) is 5.32 Å². The molecule has 1 aromatic carbocycles. The number of hydrogen-bond acceptors (Lipinski definition) is 7. The van der Waals surface area contributed by atoms with E-state index in [1.807, 2.05) is 13.0 Å². The summed E-state index contributed by atoms with van der Waals surface area (Å²) in [5, 5.41) is 12.8. The lowest BCUT2D eigenvalue weighted by Crippen LogP contribution is -2.17. The normalized spacial score (nSPS) is 13.2. The zero-order chi connectivity index (χ0) is 27.1. The number of halogens is 2. The monoisotopic (exact) mass is 556 g/mol. The highest BCUT2D eigenvalue weighted by Crippen LogP contribution is 2.39. The first-order valence-electron chi connectivity index (χ1n) is 12.3. The maximum atomic E-state index is 13.0. The molecule has 1 amide bonds. The summed E-state index contributed by atoms with van der Waals surface area (Å²) in [5.74, 6) is -2.86. The Morgan fingerprint density at radius 1 is 1.21 bits per heavy atom. The number of benzene rings is 1. The smallest absolute Gasteiger partial charge is 0.341 e. The topological polar surface area (TPSA) is 92.3 Å². The molecular formula is C28H26F2N2O4S2. The molecule has 0 aliphatic heterocycles. The molecule has 0 saturated heterocycles. The second-order valence-corrected chi connectivity index (χ2v) is 10.8. The number of amides is 1. The first-order chi connectivity index (χ1) is 18.4. The standard InChI is InChI=1S/C28H26F2N2O4S2/c1-2-3-14-35-27(34)24-21-6-4-5-7-23(21)38-26(24)32-25(33)18(16-31)15-19-10-13-22(36-19)17-8-11-20(12-9-17)37-28(29)30/h8-13,15,28H,2-7,14H2,1H3,(H,32,33)/b18-15+. The Labute approximate surface area is 227 Å². The molecule has 1 aliphatic rings. The number of furan rings is 1. The largest absolute Gasteiger partial charge is 0.462 e. The third kappa shape index (κ3) is 6.71. The van der Waals surface area contributed by atoms with Crippen LogP contribution in [0.2, 0.25) is 0 Å². The highest BCUT2D eigenvalue weighted by Gasteiger charge is 2.28. The van der Waals surface area contributed by atoms with Crippen LogP contribution in [-0.2, 0) is 22.4 Å². The van der Waals surface area contributed by atoms with Gasteiger partial charge in [0.15, 0.2) is 0 Å². The Kier molecular flexibility index (Phi) is 9.37. The Hall–Kier alpha value is -3.42. The van der Waals surface area contributed by atoms with Crippen molar-refractivity contribution in [1.82, 2.24) is 0 Å². The summed E-state index contributed by atoms with van der Waals surface area (Å²) in [7, 11) is 0. The number of anilines is 1. The molecule has 4 rings (SSSR count). The van der Waals surface area contributed by atoms with Gasteiger partial charge in [0.05, 0.1) is 12.2 Å². The van der Waals surface area contributed by atoms with E-state index in [1.165, 1.54) is 17.4 Å². The van der Waals surface area contributed by atoms with Crippen LogP contribution in [0.1, 0.15) is 59.2 Å². The second-order valence-electron chi connectivity index (χ2n) is 8.63. The van der Waals surface area contributed by atoms with E-state index < -0.39 is 17.6 Å². The van der Waals surface area contributed by atoms with Gasteiger partial charge in [0.25, 0.3) is 11.7 Å². The summed E-state index contributed by atoms with van der Waals surface area (Å²) in [6.07, 6.45) is 6.54. The van der Waals surface area contributed by atoms with E-state index in [0.29, 0.717) is 45.2 Å². The highest BCUT2D eigenvalue weighted by molar-refractivity contribution is 7.99. The molecule has 0 bridgehead atoms. The second kappa shape index (κ2) is 12.9. The number of carbonyl (C=O) groups is 2. The Morgan fingerprint density at radius 2 is 1.97 bits per heavy atom. The fraction of sp³-hybridized carbons (Fsp3) is 0.321. The van der Waals surface area contributed by atoms with Gasteiger partial charge in [-0.05, 0) is 61.9 Å². The van der Waals surface area contributed by atoms with Crippen LogP contribution in [0, 0.1) is 11.3 Å². The summed E-state index contributed by atoms with van der Waals surface area (Å²) in [6, 6.07) is 11.7. The van der Waals surface area contributed by atoms with Crippen LogP contribution in [0.25, 0.3) is 17.4 Å². The Balaban J connectivity index is 1.52. The van der Waals surface area contributed by atoms with Crippen LogP contribution in [-0.4, -0.2) is 24.2 Å². The van der Waals surface area contributed by atoms with Crippen molar-refractivity contribution in [3.05, 3.63) is 63.7 Å². The molecule has 3 aromatic rings. The average Bonchev–Trinajstić information content (AvgIpc) is 3.51. The minimum absolute atomic E-state index is 0.189. The third-order valence-electron chi connectivity index (χ3n) is 5.98. The number of nitrogens with zero attached hydrogens (tertiary/aromatic N) is 1. The fourth-order valence-corrected chi connectivity index (χ4v) is 5.87. The molecule has 38 heavy (non-hydrogen) atoms. The van der Waals surface area contributed by atoms with Crippen molar-refractivity contribution in [2.24, 2.45) is 0 Å². The number of nitrogens with one attached hydrogen (secondary N) is 1. The van der Waals surface area contributed by atoms with E-state index in [9.17, 15) is 23.6 Å². The first kappa shape index (κ1) is 27.6. The number of rotatable bonds is 10. The molecule has 0 fully saturated rings. The van der Waals surface area contributed by atoms with Gasteiger partial charge in [0, 0.05) is 21.4 Å². The first-order valence-corrected chi connectivity index (χ1v) is 14.0. The summed E-state index contributed by atoms with van der Waals surface area (Å²) in [6.45, 7) is 2.32. The summed E-state index contributed by atoms with van der Waals surface area (Å²) < 4.78 is 36.3. The SMILES string of the molecule is CCCCOC(=O)c1c(NC(=O)/C(C#N)=C/c2ccc(-c3ccc(SC(F)F)cc3)o2)sc2c1CCCC2. The van der Waals surface area contributed by atoms with Crippen LogP contribution in [0.15, 0.2) is 51.3 Å². The van der Waals surface area contributed by atoms with Crippen molar-refractivity contribution in [1.29, 1.82) is 5.26 Å². The van der Waals surface area contributed by atoms with E-state index in [1.54, 1.807) is 36.4 Å². The average molecular weight is 557 g/mol. The third-order valence-corrected chi connectivity index (χ3v) is 7.91. The number of alkyl halides is 2. The van der Waals surface area contributed by atoms with Crippen molar-refractivity contribution < 1.29 is 27.5 Å². The molecular weight excluding hydrogens is 530 g/mol. The number of ether oxygens (including phenoxy) is 1. The molecule has 1 aliphatic carbocycles. The Bertz CT molecular complexity index is 1370. The maximum Gasteiger partial charge on any atom is 0.341 e. The fourth-order valence-electron chi connectivity index (χ4n) is 4.10. The molecule has 0 spiro atoms. The van der Waals surface area contributed by atoms with E-state index in [4.69, 9.17) is 9.15 Å². The molecule has 0 radical (unpaired) electrons. The number of thiophene rings is 1. The molecule has 198 valence electrons. The molecule has 2 aromatic heterocycles. The predicted octanol–water partition coefficient (Wildman–Crippen LogP) is 7.70. The van der Waals surface area contributed by atoms with E-state index >= 15 is 0 Å². The number of hydrogen-bond donors (Lipinski definition) is 1. The molecule has 0 unspecified atom stereocenters. The number of carbonyl (C=O) groups excluding carboxylic acids is 2. The summed E-state index contributed by atoms with van der Waals surface area (Å²) in [5.41, 5.74) is 1.79. The van der Waals surface area contributed by atoms with Gasteiger partial charge in [-0.2, -0.15) is 14.0 Å². The van der Waals surface area contributed by atoms with Gasteiger partial charge >= 0.3 is 5.97 Å². The number of nitriles is 1. The van der Waals surface area contributed by atoms with Gasteiger partial charge in [0.2, 0.25) is 0 Å².